The smallest absolute Gasteiger partial charge is 0.308 e. The molecule has 1 saturated heterocycles. The summed E-state index contributed by atoms with van der Waals surface area (Å²) in [4.78, 5) is 28.9. The van der Waals surface area contributed by atoms with E-state index < -0.39 is 11.9 Å². The topological polar surface area (TPSA) is 70.5 Å². The van der Waals surface area contributed by atoms with Crippen molar-refractivity contribution in [2.24, 2.45) is 11.8 Å². The molecule has 1 aromatic heterocycles. The number of nitrogens with zero attached hydrogens (tertiary/aromatic N) is 2. The van der Waals surface area contributed by atoms with Crippen LogP contribution in [0.5, 0.6) is 0 Å². The zero-order valence-electron chi connectivity index (χ0n) is 10.5. The number of carbonyl (C=O) groups is 2. The van der Waals surface area contributed by atoms with Crippen LogP contribution in [0.3, 0.4) is 0 Å². The fourth-order valence-corrected chi connectivity index (χ4v) is 2.31. The number of aromatic nitrogens is 1. The number of aryl methyl sites for hydroxylation is 1. The number of rotatable bonds is 2. The van der Waals surface area contributed by atoms with Crippen LogP contribution in [0.25, 0.3) is 0 Å². The lowest BCUT2D eigenvalue weighted by Gasteiger charge is -2.16. The summed E-state index contributed by atoms with van der Waals surface area (Å²) in [5, 5.41) is 9.05. The second-order valence-electron chi connectivity index (χ2n) is 4.80. The van der Waals surface area contributed by atoms with Crippen molar-refractivity contribution in [3.8, 4) is 0 Å². The Morgan fingerprint density at radius 1 is 1.44 bits per heavy atom. The number of carbonyl (C=O) groups excluding carboxylic acids is 1. The molecule has 0 bridgehead atoms. The van der Waals surface area contributed by atoms with E-state index in [1.54, 1.807) is 17.2 Å². The van der Waals surface area contributed by atoms with E-state index in [0.717, 1.165) is 5.56 Å². The van der Waals surface area contributed by atoms with E-state index in [1.165, 1.54) is 0 Å². The average Bonchev–Trinajstić information content (AvgIpc) is 2.71. The van der Waals surface area contributed by atoms with Gasteiger partial charge < -0.3 is 10.0 Å². The molecular weight excluding hydrogens is 232 g/mol. The van der Waals surface area contributed by atoms with E-state index in [-0.39, 0.29) is 18.4 Å². The van der Waals surface area contributed by atoms with Crippen LogP contribution < -0.4 is 0 Å². The van der Waals surface area contributed by atoms with Crippen molar-refractivity contribution in [1.82, 2.24) is 9.88 Å². The fraction of sp³-hybridized carbons (Fsp3) is 0.462. The van der Waals surface area contributed by atoms with Gasteiger partial charge in [-0.3, -0.25) is 14.6 Å². The van der Waals surface area contributed by atoms with E-state index in [1.807, 2.05) is 19.9 Å². The van der Waals surface area contributed by atoms with Gasteiger partial charge in [-0.15, -0.1) is 0 Å². The minimum atomic E-state index is -0.837. The Kier molecular flexibility index (Phi) is 3.32. The van der Waals surface area contributed by atoms with Crippen molar-refractivity contribution in [2.45, 2.75) is 13.8 Å². The Hall–Kier alpha value is -1.91. The average molecular weight is 248 g/mol. The maximum absolute atomic E-state index is 12.3. The van der Waals surface area contributed by atoms with E-state index in [4.69, 9.17) is 5.11 Å². The normalized spacial score (nSPS) is 23.1. The van der Waals surface area contributed by atoms with E-state index >= 15 is 0 Å². The minimum Gasteiger partial charge on any atom is -0.481 e. The summed E-state index contributed by atoms with van der Waals surface area (Å²) in [6.45, 7) is 4.43. The van der Waals surface area contributed by atoms with Gasteiger partial charge in [-0.1, -0.05) is 13.0 Å². The third-order valence-corrected chi connectivity index (χ3v) is 3.43. The quantitative estimate of drug-likeness (QED) is 0.853. The third kappa shape index (κ3) is 2.20. The second kappa shape index (κ2) is 4.76. The zero-order valence-corrected chi connectivity index (χ0v) is 10.5. The summed E-state index contributed by atoms with van der Waals surface area (Å²) in [5.74, 6) is -1.51. The minimum absolute atomic E-state index is 0.0181. The van der Waals surface area contributed by atoms with Crippen LogP contribution >= 0.6 is 0 Å². The zero-order chi connectivity index (χ0) is 13.3. The van der Waals surface area contributed by atoms with Crippen LogP contribution in [0.15, 0.2) is 18.3 Å². The largest absolute Gasteiger partial charge is 0.481 e. The van der Waals surface area contributed by atoms with Gasteiger partial charge in [0.1, 0.15) is 5.69 Å². The molecule has 0 aromatic carbocycles. The Balaban J connectivity index is 2.17. The van der Waals surface area contributed by atoms with Crippen molar-refractivity contribution in [3.63, 3.8) is 0 Å². The number of hydrogen-bond donors (Lipinski definition) is 1. The lowest BCUT2D eigenvalue weighted by molar-refractivity contribution is -0.142. The lowest BCUT2D eigenvalue weighted by Crippen LogP contribution is -2.31. The predicted molar refractivity (Wildman–Crippen MR) is 65.2 cm³/mol. The first-order chi connectivity index (χ1) is 8.50. The van der Waals surface area contributed by atoms with Gasteiger partial charge in [0.05, 0.1) is 5.92 Å². The summed E-state index contributed by atoms with van der Waals surface area (Å²) in [7, 11) is 0. The number of likely N-dealkylation sites (tertiary alicyclic amines) is 1. The summed E-state index contributed by atoms with van der Waals surface area (Å²) >= 11 is 0. The molecule has 96 valence electrons. The van der Waals surface area contributed by atoms with Gasteiger partial charge in [-0.25, -0.2) is 0 Å². The van der Waals surface area contributed by atoms with Crippen LogP contribution in [-0.4, -0.2) is 40.0 Å². The molecule has 0 radical (unpaired) electrons. The maximum atomic E-state index is 12.3. The SMILES string of the molecule is Cc1cccnc1C(=O)N1CC(C)C(C(=O)O)C1. The Morgan fingerprint density at radius 2 is 2.17 bits per heavy atom. The third-order valence-electron chi connectivity index (χ3n) is 3.43. The highest BCUT2D eigenvalue weighted by Crippen LogP contribution is 2.24. The molecule has 2 heterocycles. The highest BCUT2D eigenvalue weighted by molar-refractivity contribution is 5.94. The van der Waals surface area contributed by atoms with Gasteiger partial charge in [-0.2, -0.15) is 0 Å². The fourth-order valence-electron chi connectivity index (χ4n) is 2.31. The van der Waals surface area contributed by atoms with Crippen LogP contribution in [0.2, 0.25) is 0 Å². The molecule has 5 nitrogen and oxygen atoms in total. The summed E-state index contributed by atoms with van der Waals surface area (Å²) in [6.07, 6.45) is 1.58. The standard InChI is InChI=1S/C13H16N2O3/c1-8-4-3-5-14-11(8)12(16)15-6-9(2)10(7-15)13(17)18/h3-5,9-10H,6-7H2,1-2H3,(H,17,18). The second-order valence-corrected chi connectivity index (χ2v) is 4.80. The van der Waals surface area contributed by atoms with Crippen molar-refractivity contribution in [1.29, 1.82) is 0 Å². The molecule has 1 fully saturated rings. The van der Waals surface area contributed by atoms with E-state index in [2.05, 4.69) is 4.98 Å². The Labute approximate surface area is 105 Å². The van der Waals surface area contributed by atoms with Gasteiger partial charge in [0.2, 0.25) is 0 Å². The van der Waals surface area contributed by atoms with Gasteiger partial charge in [0, 0.05) is 19.3 Å². The van der Waals surface area contributed by atoms with E-state index in [0.29, 0.717) is 12.2 Å². The van der Waals surface area contributed by atoms with Crippen LogP contribution in [0.1, 0.15) is 23.0 Å². The lowest BCUT2D eigenvalue weighted by atomic mass is 9.99. The molecule has 0 aliphatic carbocycles. The van der Waals surface area contributed by atoms with Gasteiger partial charge in [0.15, 0.2) is 0 Å². The van der Waals surface area contributed by atoms with Gasteiger partial charge in [-0.05, 0) is 24.5 Å². The first-order valence-electron chi connectivity index (χ1n) is 5.94. The molecule has 5 heteroatoms. The molecule has 2 unspecified atom stereocenters. The molecule has 18 heavy (non-hydrogen) atoms. The number of amides is 1. The molecule has 2 atom stereocenters. The molecular formula is C13H16N2O3. The van der Waals surface area contributed by atoms with Gasteiger partial charge in [0.25, 0.3) is 5.91 Å². The van der Waals surface area contributed by atoms with Crippen LogP contribution in [0.4, 0.5) is 0 Å². The molecule has 1 amide bonds. The Morgan fingerprint density at radius 3 is 2.72 bits per heavy atom. The van der Waals surface area contributed by atoms with Crippen molar-refractivity contribution in [2.75, 3.05) is 13.1 Å². The number of pyridine rings is 1. The molecule has 2 rings (SSSR count). The summed E-state index contributed by atoms with van der Waals surface area (Å²) in [5.41, 5.74) is 1.23. The first-order valence-corrected chi connectivity index (χ1v) is 5.94. The molecule has 1 N–H and O–H groups in total. The summed E-state index contributed by atoms with van der Waals surface area (Å²) < 4.78 is 0. The number of aliphatic carboxylic acids is 1. The first kappa shape index (κ1) is 12.5. The predicted octanol–water partition coefficient (Wildman–Crippen LogP) is 1.18. The van der Waals surface area contributed by atoms with Crippen molar-refractivity contribution < 1.29 is 14.7 Å². The highest BCUT2D eigenvalue weighted by Gasteiger charge is 2.37. The molecule has 1 aliphatic heterocycles. The highest BCUT2D eigenvalue weighted by atomic mass is 16.4. The molecule has 1 aromatic rings. The monoisotopic (exact) mass is 248 g/mol. The molecule has 0 spiro atoms. The van der Waals surface area contributed by atoms with E-state index in [9.17, 15) is 9.59 Å². The van der Waals surface area contributed by atoms with Crippen molar-refractivity contribution >= 4 is 11.9 Å². The van der Waals surface area contributed by atoms with Gasteiger partial charge >= 0.3 is 5.97 Å². The number of carboxylic acids is 1. The van der Waals surface area contributed by atoms with Crippen LogP contribution in [0, 0.1) is 18.8 Å². The number of hydrogen-bond acceptors (Lipinski definition) is 3. The molecule has 1 aliphatic rings. The molecule has 0 saturated carbocycles. The number of carboxylic acid groups (broad SMARTS) is 1. The maximum Gasteiger partial charge on any atom is 0.308 e. The van der Waals surface area contributed by atoms with Crippen LogP contribution in [-0.2, 0) is 4.79 Å². The van der Waals surface area contributed by atoms with Crippen molar-refractivity contribution in [3.05, 3.63) is 29.6 Å². The Bertz CT molecular complexity index is 487. The summed E-state index contributed by atoms with van der Waals surface area (Å²) in [6, 6.07) is 3.60.